The minimum absolute atomic E-state index is 0.155. The maximum atomic E-state index is 12.8. The summed E-state index contributed by atoms with van der Waals surface area (Å²) in [5.41, 5.74) is 6.08. The lowest BCUT2D eigenvalue weighted by molar-refractivity contribution is -0.385. The summed E-state index contributed by atoms with van der Waals surface area (Å²) in [6.45, 7) is 9.90. The lowest BCUT2D eigenvalue weighted by Gasteiger charge is -2.21. The van der Waals surface area contributed by atoms with Gasteiger partial charge in [-0.2, -0.15) is 4.31 Å². The molecule has 1 aromatic carbocycles. The predicted molar refractivity (Wildman–Crippen MR) is 105 cm³/mol. The molecule has 0 spiro atoms. The van der Waals surface area contributed by atoms with Crippen LogP contribution in [0.4, 0.5) is 11.4 Å². The highest BCUT2D eigenvalue weighted by Gasteiger charge is 2.27. The molecule has 0 radical (unpaired) electrons. The topological polar surface area (TPSA) is 117 Å². The van der Waals surface area contributed by atoms with Crippen molar-refractivity contribution in [2.45, 2.75) is 25.7 Å². The number of nitro groups is 1. The summed E-state index contributed by atoms with van der Waals surface area (Å²) >= 11 is 5.08. The smallest absolute Gasteiger partial charge is 0.270 e. The quantitative estimate of drug-likeness (QED) is 0.249. The van der Waals surface area contributed by atoms with Crippen LogP contribution < -0.4 is 16.2 Å². The Bertz CT molecular complexity index is 791. The molecule has 0 aliphatic rings. The van der Waals surface area contributed by atoms with Crippen LogP contribution in [0, 0.1) is 10.1 Å². The van der Waals surface area contributed by atoms with Crippen molar-refractivity contribution in [2.75, 3.05) is 25.1 Å². The van der Waals surface area contributed by atoms with Gasteiger partial charge in [-0.05, 0) is 25.2 Å². The summed E-state index contributed by atoms with van der Waals surface area (Å²) < 4.78 is 26.9. The van der Waals surface area contributed by atoms with E-state index < -0.39 is 14.9 Å². The summed E-state index contributed by atoms with van der Waals surface area (Å²) in [7, 11) is -3.91. The first-order valence-electron chi connectivity index (χ1n) is 7.86. The fourth-order valence-electron chi connectivity index (χ4n) is 2.04. The van der Waals surface area contributed by atoms with Gasteiger partial charge in [0.25, 0.3) is 5.69 Å². The molecule has 1 rings (SSSR count). The number of sulfonamides is 1. The summed E-state index contributed by atoms with van der Waals surface area (Å²) in [5.74, 6) is 0. The SMILES string of the molecule is C=C(C)CNC(=S)NNc1ccc([N+](=O)[O-])cc1S(=O)(=O)N(CC)CC. The number of nitrogens with one attached hydrogen (secondary N) is 3. The molecule has 0 amide bonds. The van der Waals surface area contributed by atoms with Crippen LogP contribution in [0.5, 0.6) is 0 Å². The third kappa shape index (κ3) is 5.64. The molecule has 0 saturated heterocycles. The second-order valence-electron chi connectivity index (χ2n) is 5.42. The number of hydrogen-bond acceptors (Lipinski definition) is 6. The van der Waals surface area contributed by atoms with Crippen molar-refractivity contribution in [3.63, 3.8) is 0 Å². The van der Waals surface area contributed by atoms with Gasteiger partial charge < -0.3 is 5.32 Å². The molecule has 1 aromatic rings. The first-order valence-corrected chi connectivity index (χ1v) is 9.71. The fourth-order valence-corrected chi connectivity index (χ4v) is 3.79. The molecule has 26 heavy (non-hydrogen) atoms. The highest BCUT2D eigenvalue weighted by atomic mass is 32.2. The van der Waals surface area contributed by atoms with Crippen LogP contribution in [0.1, 0.15) is 20.8 Å². The zero-order valence-electron chi connectivity index (χ0n) is 14.9. The number of anilines is 1. The minimum atomic E-state index is -3.91. The molecule has 0 heterocycles. The van der Waals surface area contributed by atoms with E-state index in [2.05, 4.69) is 22.7 Å². The van der Waals surface area contributed by atoms with Crippen LogP contribution in [0.3, 0.4) is 0 Å². The molecule has 0 atom stereocenters. The Morgan fingerprint density at radius 2 is 1.96 bits per heavy atom. The molecule has 0 unspecified atom stereocenters. The zero-order valence-corrected chi connectivity index (χ0v) is 16.5. The molecule has 144 valence electrons. The van der Waals surface area contributed by atoms with E-state index in [0.717, 1.165) is 11.6 Å². The number of rotatable bonds is 9. The summed E-state index contributed by atoms with van der Waals surface area (Å²) in [6, 6.07) is 3.57. The summed E-state index contributed by atoms with van der Waals surface area (Å²) in [4.78, 5) is 10.2. The molecule has 0 fully saturated rings. The van der Waals surface area contributed by atoms with Crippen molar-refractivity contribution in [1.82, 2.24) is 15.0 Å². The molecule has 11 heteroatoms. The van der Waals surface area contributed by atoms with Crippen LogP contribution >= 0.6 is 12.2 Å². The Labute approximate surface area is 158 Å². The fraction of sp³-hybridized carbons (Fsp3) is 0.400. The number of non-ortho nitro benzene ring substituents is 1. The number of nitro benzene ring substituents is 1. The molecule has 3 N–H and O–H groups in total. The predicted octanol–water partition coefficient (Wildman–Crippen LogP) is 1.99. The number of nitrogens with zero attached hydrogens (tertiary/aromatic N) is 2. The van der Waals surface area contributed by atoms with E-state index in [1.165, 1.54) is 16.4 Å². The number of hydrazine groups is 1. The zero-order chi connectivity index (χ0) is 19.9. The van der Waals surface area contributed by atoms with E-state index in [0.29, 0.717) is 6.54 Å². The summed E-state index contributed by atoms with van der Waals surface area (Å²) in [6.07, 6.45) is 0. The highest BCUT2D eigenvalue weighted by molar-refractivity contribution is 7.89. The Balaban J connectivity index is 3.17. The highest BCUT2D eigenvalue weighted by Crippen LogP contribution is 2.28. The van der Waals surface area contributed by atoms with E-state index in [4.69, 9.17) is 12.2 Å². The van der Waals surface area contributed by atoms with Gasteiger partial charge in [-0.3, -0.25) is 21.0 Å². The third-order valence-corrected chi connectivity index (χ3v) is 5.70. The van der Waals surface area contributed by atoms with E-state index in [-0.39, 0.29) is 34.5 Å². The third-order valence-electron chi connectivity index (χ3n) is 3.36. The van der Waals surface area contributed by atoms with Crippen molar-refractivity contribution >= 4 is 38.7 Å². The Hall–Kier alpha value is -2.24. The van der Waals surface area contributed by atoms with Crippen molar-refractivity contribution in [3.05, 3.63) is 40.5 Å². The van der Waals surface area contributed by atoms with E-state index in [1.807, 2.05) is 6.92 Å². The van der Waals surface area contributed by atoms with Gasteiger partial charge in [-0.15, -0.1) is 0 Å². The Morgan fingerprint density at radius 3 is 2.46 bits per heavy atom. The van der Waals surface area contributed by atoms with Crippen molar-refractivity contribution in [2.24, 2.45) is 0 Å². The van der Waals surface area contributed by atoms with Crippen LogP contribution in [0.25, 0.3) is 0 Å². The largest absolute Gasteiger partial charge is 0.358 e. The maximum absolute atomic E-state index is 12.8. The maximum Gasteiger partial charge on any atom is 0.270 e. The van der Waals surface area contributed by atoms with E-state index in [9.17, 15) is 18.5 Å². The van der Waals surface area contributed by atoms with Crippen LogP contribution in [-0.2, 0) is 10.0 Å². The normalized spacial score (nSPS) is 11.1. The van der Waals surface area contributed by atoms with Gasteiger partial charge in [0.2, 0.25) is 10.0 Å². The first kappa shape index (κ1) is 21.8. The molecule has 0 aliphatic carbocycles. The average molecular weight is 402 g/mol. The molecule has 0 bridgehead atoms. The van der Waals surface area contributed by atoms with Gasteiger partial charge in [0.1, 0.15) is 4.90 Å². The van der Waals surface area contributed by atoms with Crippen LogP contribution in [-0.4, -0.2) is 42.4 Å². The molecule has 0 aromatic heterocycles. The second-order valence-corrected chi connectivity index (χ2v) is 7.73. The van der Waals surface area contributed by atoms with Gasteiger partial charge in [0.15, 0.2) is 5.11 Å². The molecule has 9 nitrogen and oxygen atoms in total. The van der Waals surface area contributed by atoms with Crippen molar-refractivity contribution < 1.29 is 13.3 Å². The van der Waals surface area contributed by atoms with Crippen LogP contribution in [0.2, 0.25) is 0 Å². The van der Waals surface area contributed by atoms with Crippen molar-refractivity contribution in [1.29, 1.82) is 0 Å². The minimum Gasteiger partial charge on any atom is -0.358 e. The lowest BCUT2D eigenvalue weighted by Crippen LogP contribution is -2.40. The monoisotopic (exact) mass is 401 g/mol. The lowest BCUT2D eigenvalue weighted by atomic mass is 10.3. The molecular weight excluding hydrogens is 378 g/mol. The van der Waals surface area contributed by atoms with Crippen molar-refractivity contribution in [3.8, 4) is 0 Å². The second kappa shape index (κ2) is 9.46. The van der Waals surface area contributed by atoms with Crippen LogP contribution in [0.15, 0.2) is 35.2 Å². The van der Waals surface area contributed by atoms with E-state index >= 15 is 0 Å². The summed E-state index contributed by atoms with van der Waals surface area (Å²) in [5, 5.41) is 14.1. The Morgan fingerprint density at radius 1 is 1.35 bits per heavy atom. The number of thiocarbonyl (C=S) groups is 1. The standard InChI is InChI=1S/C15H23N5O4S2/c1-5-19(6-2)26(23,24)14-9-12(20(21)22)7-8-13(14)17-18-15(25)16-10-11(3)4/h7-9,17H,3,5-6,10H2,1-2,4H3,(H2,16,18,25). The van der Waals surface area contributed by atoms with Gasteiger partial charge in [0, 0.05) is 31.8 Å². The average Bonchev–Trinajstić information content (AvgIpc) is 2.58. The number of hydrogen-bond donors (Lipinski definition) is 3. The first-order chi connectivity index (χ1) is 12.1. The number of benzene rings is 1. The van der Waals surface area contributed by atoms with Gasteiger partial charge in [-0.25, -0.2) is 8.42 Å². The molecule has 0 aliphatic heterocycles. The van der Waals surface area contributed by atoms with Gasteiger partial charge in [0.05, 0.1) is 10.6 Å². The molecular formula is C15H23N5O4S2. The van der Waals surface area contributed by atoms with Gasteiger partial charge in [-0.1, -0.05) is 26.0 Å². The van der Waals surface area contributed by atoms with Gasteiger partial charge >= 0.3 is 0 Å². The van der Waals surface area contributed by atoms with E-state index in [1.54, 1.807) is 13.8 Å². The Kier molecular flexibility index (Phi) is 7.93. The molecule has 0 saturated carbocycles.